The van der Waals surface area contributed by atoms with E-state index in [0.717, 1.165) is 72.8 Å². The molecule has 6 heteroatoms. The Morgan fingerprint density at radius 1 is 0.972 bits per heavy atom. The Kier molecular flexibility index (Phi) is 7.31. The van der Waals surface area contributed by atoms with Crippen LogP contribution in [-0.2, 0) is 11.2 Å². The van der Waals surface area contributed by atoms with E-state index in [4.69, 9.17) is 14.2 Å². The fourth-order valence-electron chi connectivity index (χ4n) is 4.94. The number of ether oxygens (including phenoxy) is 3. The lowest BCUT2D eigenvalue weighted by molar-refractivity contribution is -0.134. The maximum absolute atomic E-state index is 12.9. The fourth-order valence-corrected chi connectivity index (χ4v) is 4.94. The van der Waals surface area contributed by atoms with Gasteiger partial charge in [-0.1, -0.05) is 36.4 Å². The third-order valence-corrected chi connectivity index (χ3v) is 7.18. The Bertz CT molecular complexity index is 1180. The highest BCUT2D eigenvalue weighted by atomic mass is 16.7. The number of carbonyl (C=O) groups is 1. The number of fused-ring (bicyclic) bond motifs is 1. The summed E-state index contributed by atoms with van der Waals surface area (Å²) in [5, 5.41) is 0. The van der Waals surface area contributed by atoms with Crippen LogP contribution in [0.15, 0.2) is 66.7 Å². The lowest BCUT2D eigenvalue weighted by atomic mass is 9.90. The minimum Gasteiger partial charge on any atom is -0.483 e. The summed E-state index contributed by atoms with van der Waals surface area (Å²) >= 11 is 0. The normalized spacial score (nSPS) is 15.1. The fraction of sp³-hybridized carbons (Fsp3) is 0.367. The first-order valence-corrected chi connectivity index (χ1v) is 12.7. The highest BCUT2D eigenvalue weighted by molar-refractivity contribution is 5.79. The summed E-state index contributed by atoms with van der Waals surface area (Å²) in [6.07, 6.45) is 4.21. The zero-order valence-electron chi connectivity index (χ0n) is 21.1. The molecule has 188 valence electrons. The van der Waals surface area contributed by atoms with E-state index < -0.39 is 0 Å². The van der Waals surface area contributed by atoms with Gasteiger partial charge in [0.2, 0.25) is 6.79 Å². The number of hydrogen-bond acceptors (Lipinski definition) is 5. The van der Waals surface area contributed by atoms with Crippen LogP contribution in [0.2, 0.25) is 0 Å². The van der Waals surface area contributed by atoms with Gasteiger partial charge in [0.05, 0.1) is 0 Å². The van der Waals surface area contributed by atoms with Gasteiger partial charge in [-0.15, -0.1) is 0 Å². The first kappa shape index (κ1) is 24.0. The summed E-state index contributed by atoms with van der Waals surface area (Å²) in [4.78, 5) is 16.9. The van der Waals surface area contributed by atoms with Crippen LogP contribution in [0.5, 0.6) is 17.2 Å². The molecule has 0 atom stereocenters. The Morgan fingerprint density at radius 3 is 2.50 bits per heavy atom. The van der Waals surface area contributed by atoms with Crippen LogP contribution in [0.4, 0.5) is 5.69 Å². The van der Waals surface area contributed by atoms with Gasteiger partial charge in [-0.3, -0.25) is 4.79 Å². The molecule has 0 saturated carbocycles. The SMILES string of the molecule is CN(C)c1ccc(-c2ccccc2OCC(=O)N2CCC(CCc3ccc4c(c3)OCO4)CC2)cc1. The Morgan fingerprint density at radius 2 is 1.72 bits per heavy atom. The maximum atomic E-state index is 12.9. The van der Waals surface area contributed by atoms with E-state index in [1.807, 2.05) is 49.3 Å². The molecule has 2 aliphatic rings. The first-order chi connectivity index (χ1) is 17.6. The average Bonchev–Trinajstić information content (AvgIpc) is 3.39. The van der Waals surface area contributed by atoms with E-state index in [1.165, 1.54) is 5.56 Å². The van der Waals surface area contributed by atoms with Crippen molar-refractivity contribution in [2.45, 2.75) is 25.7 Å². The van der Waals surface area contributed by atoms with Crippen molar-refractivity contribution in [1.29, 1.82) is 0 Å². The second kappa shape index (κ2) is 10.9. The monoisotopic (exact) mass is 486 g/mol. The molecule has 36 heavy (non-hydrogen) atoms. The Hall–Kier alpha value is -3.67. The third-order valence-electron chi connectivity index (χ3n) is 7.18. The number of likely N-dealkylation sites (tertiary alicyclic amines) is 1. The van der Waals surface area contributed by atoms with Crippen molar-refractivity contribution >= 4 is 11.6 Å². The number of hydrogen-bond donors (Lipinski definition) is 0. The summed E-state index contributed by atoms with van der Waals surface area (Å²) < 4.78 is 16.9. The van der Waals surface area contributed by atoms with Crippen molar-refractivity contribution in [3.05, 3.63) is 72.3 Å². The number of anilines is 1. The van der Waals surface area contributed by atoms with Crippen LogP contribution >= 0.6 is 0 Å². The van der Waals surface area contributed by atoms with Gasteiger partial charge in [0.15, 0.2) is 18.1 Å². The number of nitrogens with zero attached hydrogens (tertiary/aromatic N) is 2. The molecule has 2 aliphatic heterocycles. The number of benzene rings is 3. The standard InChI is InChI=1S/C30H34N2O4/c1-31(2)25-12-10-24(11-13-25)26-5-3-4-6-27(26)34-20-30(33)32-17-15-22(16-18-32)7-8-23-9-14-28-29(19-23)36-21-35-28/h3-6,9-14,19,22H,7-8,15-18,20-21H2,1-2H3. The van der Waals surface area contributed by atoms with Gasteiger partial charge in [0, 0.05) is 38.4 Å². The Labute approximate surface area is 213 Å². The van der Waals surface area contributed by atoms with Gasteiger partial charge >= 0.3 is 0 Å². The lowest BCUT2D eigenvalue weighted by Crippen LogP contribution is -2.41. The molecule has 0 aliphatic carbocycles. The summed E-state index contributed by atoms with van der Waals surface area (Å²) in [7, 11) is 4.06. The molecule has 0 unspecified atom stereocenters. The van der Waals surface area contributed by atoms with Crippen molar-refractivity contribution in [2.24, 2.45) is 5.92 Å². The molecule has 3 aromatic rings. The summed E-state index contributed by atoms with van der Waals surface area (Å²) in [6, 6.07) is 22.5. The molecule has 5 rings (SSSR count). The molecule has 1 saturated heterocycles. The number of rotatable bonds is 8. The van der Waals surface area contributed by atoms with Gasteiger partial charge in [0.1, 0.15) is 5.75 Å². The molecule has 0 radical (unpaired) electrons. The van der Waals surface area contributed by atoms with E-state index in [-0.39, 0.29) is 12.5 Å². The van der Waals surface area contributed by atoms with Crippen LogP contribution in [0.25, 0.3) is 11.1 Å². The van der Waals surface area contributed by atoms with Crippen LogP contribution in [0, 0.1) is 5.92 Å². The molecular formula is C30H34N2O4. The van der Waals surface area contributed by atoms with E-state index in [1.54, 1.807) is 0 Å². The summed E-state index contributed by atoms with van der Waals surface area (Å²) in [5.74, 6) is 3.10. The molecule has 0 aromatic heterocycles. The molecule has 6 nitrogen and oxygen atoms in total. The van der Waals surface area contributed by atoms with E-state index >= 15 is 0 Å². The van der Waals surface area contributed by atoms with E-state index in [2.05, 4.69) is 41.3 Å². The van der Waals surface area contributed by atoms with Crippen molar-refractivity contribution in [3.8, 4) is 28.4 Å². The predicted molar refractivity (Wildman–Crippen MR) is 142 cm³/mol. The number of amides is 1. The molecule has 2 heterocycles. The molecule has 1 fully saturated rings. The van der Waals surface area contributed by atoms with Crippen molar-refractivity contribution in [2.75, 3.05) is 45.5 Å². The molecule has 0 bridgehead atoms. The second-order valence-corrected chi connectivity index (χ2v) is 9.78. The molecular weight excluding hydrogens is 452 g/mol. The highest BCUT2D eigenvalue weighted by Gasteiger charge is 2.23. The summed E-state index contributed by atoms with van der Waals surface area (Å²) in [5.41, 5.74) is 4.50. The Balaban J connectivity index is 1.10. The second-order valence-electron chi connectivity index (χ2n) is 9.78. The molecule has 1 amide bonds. The minimum atomic E-state index is 0.0574. The van der Waals surface area contributed by atoms with E-state index in [9.17, 15) is 4.79 Å². The van der Waals surface area contributed by atoms with Gasteiger partial charge < -0.3 is 24.0 Å². The van der Waals surface area contributed by atoms with E-state index in [0.29, 0.717) is 12.7 Å². The highest BCUT2D eigenvalue weighted by Crippen LogP contribution is 2.34. The predicted octanol–water partition coefficient (Wildman–Crippen LogP) is 5.40. The van der Waals surface area contributed by atoms with Crippen LogP contribution in [0.3, 0.4) is 0 Å². The van der Waals surface area contributed by atoms with Crippen molar-refractivity contribution in [1.82, 2.24) is 4.90 Å². The first-order valence-electron chi connectivity index (χ1n) is 12.7. The van der Waals surface area contributed by atoms with Crippen LogP contribution in [-0.4, -0.2) is 51.4 Å². The van der Waals surface area contributed by atoms with Crippen molar-refractivity contribution in [3.63, 3.8) is 0 Å². The van der Waals surface area contributed by atoms with Crippen LogP contribution in [0.1, 0.15) is 24.8 Å². The molecule has 3 aromatic carbocycles. The van der Waals surface area contributed by atoms with Crippen LogP contribution < -0.4 is 19.1 Å². The number of para-hydroxylation sites is 1. The lowest BCUT2D eigenvalue weighted by Gasteiger charge is -2.32. The van der Waals surface area contributed by atoms with Crippen molar-refractivity contribution < 1.29 is 19.0 Å². The average molecular weight is 487 g/mol. The van der Waals surface area contributed by atoms with Gasteiger partial charge in [-0.05, 0) is 73.1 Å². The van der Waals surface area contributed by atoms with Gasteiger partial charge in [-0.25, -0.2) is 0 Å². The zero-order valence-corrected chi connectivity index (χ0v) is 21.1. The zero-order chi connectivity index (χ0) is 24.9. The number of aryl methyl sites for hydroxylation is 1. The van der Waals surface area contributed by atoms with Gasteiger partial charge in [-0.2, -0.15) is 0 Å². The summed E-state index contributed by atoms with van der Waals surface area (Å²) in [6.45, 7) is 1.96. The van der Waals surface area contributed by atoms with Gasteiger partial charge in [0.25, 0.3) is 5.91 Å². The maximum Gasteiger partial charge on any atom is 0.260 e. The number of carbonyl (C=O) groups excluding carboxylic acids is 1. The quantitative estimate of drug-likeness (QED) is 0.427. The molecule has 0 spiro atoms. The smallest absolute Gasteiger partial charge is 0.260 e. The molecule has 0 N–H and O–H groups in total. The minimum absolute atomic E-state index is 0.0574. The third kappa shape index (κ3) is 5.59. The largest absolute Gasteiger partial charge is 0.483 e. The number of piperidine rings is 1. The topological polar surface area (TPSA) is 51.2 Å².